The Morgan fingerprint density at radius 2 is 2.03 bits per heavy atom. The zero-order chi connectivity index (χ0) is 25.2. The van der Waals surface area contributed by atoms with Gasteiger partial charge in [0.05, 0.1) is 18.6 Å². The molecule has 0 amide bonds. The van der Waals surface area contributed by atoms with Crippen LogP contribution in [0, 0.1) is 12.8 Å². The largest absolute Gasteiger partial charge is 0.492 e. The maximum absolute atomic E-state index is 10.5. The fraction of sp³-hybridized carbons (Fsp3) is 0.481. The van der Waals surface area contributed by atoms with E-state index >= 15 is 0 Å². The number of nitrogens with zero attached hydrogens (tertiary/aromatic N) is 3. The van der Waals surface area contributed by atoms with Crippen molar-refractivity contribution in [3.05, 3.63) is 53.5 Å². The first kappa shape index (κ1) is 25.6. The number of aryl methyl sites for hydroxylation is 3. The van der Waals surface area contributed by atoms with Crippen LogP contribution in [0.25, 0.3) is 11.4 Å². The van der Waals surface area contributed by atoms with Crippen molar-refractivity contribution >= 4 is 5.97 Å². The Morgan fingerprint density at radius 1 is 1.17 bits per heavy atom. The fourth-order valence-corrected chi connectivity index (χ4v) is 4.35. The van der Waals surface area contributed by atoms with Crippen LogP contribution in [0.2, 0.25) is 0 Å². The zero-order valence-corrected chi connectivity index (χ0v) is 20.7. The van der Waals surface area contributed by atoms with E-state index in [4.69, 9.17) is 19.1 Å². The number of pyridine rings is 1. The number of rotatable bonds is 14. The molecule has 0 atom stereocenters. The van der Waals surface area contributed by atoms with Gasteiger partial charge in [-0.15, -0.1) is 0 Å². The number of hydrogen-bond donors (Lipinski definition) is 2. The minimum atomic E-state index is -0.808. The van der Waals surface area contributed by atoms with Crippen molar-refractivity contribution in [1.29, 1.82) is 0 Å². The van der Waals surface area contributed by atoms with Gasteiger partial charge in [0, 0.05) is 25.7 Å². The van der Waals surface area contributed by atoms with E-state index in [1.807, 2.05) is 31.2 Å². The summed E-state index contributed by atoms with van der Waals surface area (Å²) in [7, 11) is 0. The minimum absolute atomic E-state index is 0.104. The van der Waals surface area contributed by atoms with Crippen LogP contribution < -0.4 is 14.8 Å². The van der Waals surface area contributed by atoms with Crippen LogP contribution >= 0.6 is 0 Å². The molecule has 3 aromatic rings. The Balaban J connectivity index is 1.27. The lowest BCUT2D eigenvalue weighted by Crippen LogP contribution is -2.23. The predicted octanol–water partition coefficient (Wildman–Crippen LogP) is 4.24. The van der Waals surface area contributed by atoms with Crippen LogP contribution in [0.15, 0.2) is 41.1 Å². The molecule has 2 N–H and O–H groups in total. The summed E-state index contributed by atoms with van der Waals surface area (Å²) >= 11 is 0. The van der Waals surface area contributed by atoms with E-state index in [1.165, 1.54) is 25.7 Å². The second kappa shape index (κ2) is 13.0. The molecule has 1 fully saturated rings. The number of carbonyl (C=O) groups is 1. The molecule has 0 unspecified atom stereocenters. The van der Waals surface area contributed by atoms with Gasteiger partial charge in [0.1, 0.15) is 12.4 Å². The van der Waals surface area contributed by atoms with Crippen molar-refractivity contribution in [3.8, 4) is 23.0 Å². The van der Waals surface area contributed by atoms with Gasteiger partial charge in [0.2, 0.25) is 17.6 Å². The molecule has 36 heavy (non-hydrogen) atoms. The van der Waals surface area contributed by atoms with Crippen molar-refractivity contribution in [2.45, 2.75) is 51.9 Å². The first-order chi connectivity index (χ1) is 17.6. The Morgan fingerprint density at radius 3 is 2.83 bits per heavy atom. The molecule has 0 saturated heterocycles. The highest BCUT2D eigenvalue weighted by molar-refractivity contribution is 5.66. The number of carboxylic acid groups (broad SMARTS) is 1. The average molecular weight is 495 g/mol. The monoisotopic (exact) mass is 494 g/mol. The average Bonchev–Trinajstić information content (AvgIpc) is 3.57. The molecule has 1 aliphatic carbocycles. The van der Waals surface area contributed by atoms with E-state index in [-0.39, 0.29) is 6.42 Å². The smallest absolute Gasteiger partial charge is 0.304 e. The molecule has 2 aromatic heterocycles. The maximum Gasteiger partial charge on any atom is 0.304 e. The lowest BCUT2D eigenvalue weighted by molar-refractivity contribution is -0.136. The number of ether oxygens (including phenoxy) is 2. The van der Waals surface area contributed by atoms with Gasteiger partial charge < -0.3 is 24.4 Å². The summed E-state index contributed by atoms with van der Waals surface area (Å²) < 4.78 is 17.3. The van der Waals surface area contributed by atoms with Crippen LogP contribution in [0.5, 0.6) is 11.6 Å². The number of carboxylic acids is 1. The van der Waals surface area contributed by atoms with Crippen molar-refractivity contribution in [2.24, 2.45) is 5.92 Å². The summed E-state index contributed by atoms with van der Waals surface area (Å²) in [6, 6.07) is 9.86. The molecule has 9 heteroatoms. The highest BCUT2D eigenvalue weighted by Crippen LogP contribution is 2.29. The van der Waals surface area contributed by atoms with Gasteiger partial charge in [0.15, 0.2) is 0 Å². The van der Waals surface area contributed by atoms with E-state index in [0.29, 0.717) is 56.2 Å². The zero-order valence-electron chi connectivity index (χ0n) is 20.7. The van der Waals surface area contributed by atoms with E-state index in [0.717, 1.165) is 28.9 Å². The first-order valence-corrected chi connectivity index (χ1v) is 12.6. The Hall–Kier alpha value is -3.46. The second-order valence-corrected chi connectivity index (χ2v) is 9.17. The lowest BCUT2D eigenvalue weighted by atomic mass is 10.1. The molecular formula is C27H34N4O5. The fourth-order valence-electron chi connectivity index (χ4n) is 4.35. The molecule has 0 bridgehead atoms. The van der Waals surface area contributed by atoms with Gasteiger partial charge in [-0.25, -0.2) is 4.98 Å². The normalized spacial score (nSPS) is 13.7. The summed E-state index contributed by atoms with van der Waals surface area (Å²) in [5.41, 5.74) is 2.95. The number of aromatic nitrogens is 3. The Labute approximate surface area is 211 Å². The highest BCUT2D eigenvalue weighted by Gasteiger charge is 2.19. The maximum atomic E-state index is 10.5. The molecule has 0 spiro atoms. The van der Waals surface area contributed by atoms with Crippen LogP contribution in [-0.2, 0) is 17.6 Å². The standard InChI is InChI=1S/C27H34N4O5/c1-19-17-20(8-10-23(19)34-16-15-28-14-12-25(32)33)9-11-24-30-26(31-36-24)22-7-4-13-29-27(22)35-18-21-5-2-3-6-21/h4,7-8,10,13,17,21,28H,2-3,5-6,9,11-12,14-16,18H2,1H3,(H,32,33). The predicted molar refractivity (Wildman–Crippen MR) is 134 cm³/mol. The Bertz CT molecular complexity index is 1130. The molecule has 4 rings (SSSR count). The van der Waals surface area contributed by atoms with Crippen molar-refractivity contribution in [3.63, 3.8) is 0 Å². The minimum Gasteiger partial charge on any atom is -0.492 e. The number of benzene rings is 1. The molecule has 0 radical (unpaired) electrons. The summed E-state index contributed by atoms with van der Waals surface area (Å²) in [4.78, 5) is 19.5. The topological polar surface area (TPSA) is 120 Å². The van der Waals surface area contributed by atoms with Gasteiger partial charge in [-0.05, 0) is 61.4 Å². The van der Waals surface area contributed by atoms with Gasteiger partial charge in [0.25, 0.3) is 0 Å². The third-order valence-corrected chi connectivity index (χ3v) is 6.33. The molecule has 1 aliphatic rings. The molecular weight excluding hydrogens is 460 g/mol. The summed E-state index contributed by atoms with van der Waals surface area (Å²) in [6.07, 6.45) is 8.20. The SMILES string of the molecule is Cc1cc(CCc2nc(-c3cccnc3OCC3CCCC3)no2)ccc1OCCNCCC(=O)O. The molecule has 192 valence electrons. The highest BCUT2D eigenvalue weighted by atomic mass is 16.5. The van der Waals surface area contributed by atoms with E-state index in [9.17, 15) is 4.79 Å². The third kappa shape index (κ3) is 7.52. The van der Waals surface area contributed by atoms with Gasteiger partial charge >= 0.3 is 5.97 Å². The van der Waals surface area contributed by atoms with Crippen LogP contribution in [0.3, 0.4) is 0 Å². The van der Waals surface area contributed by atoms with Crippen molar-refractivity contribution in [2.75, 3.05) is 26.3 Å². The molecule has 1 aromatic carbocycles. The molecule has 9 nitrogen and oxygen atoms in total. The van der Waals surface area contributed by atoms with E-state index in [1.54, 1.807) is 6.20 Å². The molecule has 1 saturated carbocycles. The van der Waals surface area contributed by atoms with Crippen LogP contribution in [0.4, 0.5) is 0 Å². The second-order valence-electron chi connectivity index (χ2n) is 9.17. The van der Waals surface area contributed by atoms with Crippen molar-refractivity contribution in [1.82, 2.24) is 20.4 Å². The molecule has 2 heterocycles. The molecule has 0 aliphatic heterocycles. The van der Waals surface area contributed by atoms with Gasteiger partial charge in [-0.1, -0.05) is 30.1 Å². The number of aliphatic carboxylic acids is 1. The third-order valence-electron chi connectivity index (χ3n) is 6.33. The quantitative estimate of drug-likeness (QED) is 0.317. The summed E-state index contributed by atoms with van der Waals surface area (Å²) in [6.45, 7) is 4.19. The van der Waals surface area contributed by atoms with Crippen LogP contribution in [0.1, 0.15) is 49.1 Å². The number of nitrogens with one attached hydrogen (secondary N) is 1. The Kier molecular flexibility index (Phi) is 9.27. The van der Waals surface area contributed by atoms with Crippen LogP contribution in [-0.4, -0.2) is 52.5 Å². The number of hydrogen-bond acceptors (Lipinski definition) is 8. The summed E-state index contributed by atoms with van der Waals surface area (Å²) in [5, 5.41) is 15.9. The lowest BCUT2D eigenvalue weighted by Gasteiger charge is -2.12. The first-order valence-electron chi connectivity index (χ1n) is 12.6. The van der Waals surface area contributed by atoms with Gasteiger partial charge in [-0.2, -0.15) is 4.98 Å². The van der Waals surface area contributed by atoms with Crippen molar-refractivity contribution < 1.29 is 23.9 Å². The summed E-state index contributed by atoms with van der Waals surface area (Å²) in [5.74, 6) is 2.23. The van der Waals surface area contributed by atoms with E-state index < -0.39 is 5.97 Å². The van der Waals surface area contributed by atoms with Gasteiger partial charge in [-0.3, -0.25) is 4.79 Å². The van der Waals surface area contributed by atoms with E-state index in [2.05, 4.69) is 26.5 Å².